The van der Waals surface area contributed by atoms with Crippen LogP contribution in [0.15, 0.2) is 0 Å². The van der Waals surface area contributed by atoms with Crippen LogP contribution in [0.4, 0.5) is 0 Å². The van der Waals surface area contributed by atoms with Crippen LogP contribution in [0.1, 0.15) is 71.6 Å². The molecule has 0 aromatic carbocycles. The summed E-state index contributed by atoms with van der Waals surface area (Å²) in [5, 5.41) is 29.6. The highest BCUT2D eigenvalue weighted by Crippen LogP contribution is 2.49. The van der Waals surface area contributed by atoms with Crippen LogP contribution in [0.5, 0.6) is 0 Å². The summed E-state index contributed by atoms with van der Waals surface area (Å²) in [5.74, 6) is 0.549. The third-order valence-corrected chi connectivity index (χ3v) is 8.44. The predicted octanol–water partition coefficient (Wildman–Crippen LogP) is 2.04. The van der Waals surface area contributed by atoms with Crippen molar-refractivity contribution in [1.82, 2.24) is 14.7 Å². The number of rotatable bonds is 5. The van der Waals surface area contributed by atoms with E-state index in [1.54, 1.807) is 9.80 Å². The molecular formula is C25H37N5O3. The summed E-state index contributed by atoms with van der Waals surface area (Å²) in [7, 11) is 0. The van der Waals surface area contributed by atoms with Gasteiger partial charge in [0.25, 0.3) is 0 Å². The fourth-order valence-corrected chi connectivity index (χ4v) is 7.21. The van der Waals surface area contributed by atoms with E-state index in [0.717, 1.165) is 44.9 Å². The zero-order valence-electron chi connectivity index (χ0n) is 20.0. The number of amides is 2. The van der Waals surface area contributed by atoms with Gasteiger partial charge in [-0.3, -0.25) is 14.5 Å². The maximum Gasteiger partial charge on any atom is 0.237 e. The van der Waals surface area contributed by atoms with E-state index in [1.807, 2.05) is 11.8 Å². The topological polar surface area (TPSA) is 112 Å². The number of fused-ring (bicyclic) bond motifs is 2. The summed E-state index contributed by atoms with van der Waals surface area (Å²) in [6.45, 7) is 5.48. The molecule has 4 aliphatic rings. The lowest BCUT2D eigenvalue weighted by Gasteiger charge is -2.53. The van der Waals surface area contributed by atoms with Gasteiger partial charge in [0.1, 0.15) is 12.1 Å². The summed E-state index contributed by atoms with van der Waals surface area (Å²) in [6.07, 6.45) is 7.33. The van der Waals surface area contributed by atoms with Crippen LogP contribution in [0.3, 0.4) is 0 Å². The van der Waals surface area contributed by atoms with Crippen molar-refractivity contribution >= 4 is 11.8 Å². The maximum absolute atomic E-state index is 13.3. The summed E-state index contributed by atoms with van der Waals surface area (Å²) in [5.41, 5.74) is -0.977. The van der Waals surface area contributed by atoms with E-state index in [2.05, 4.69) is 19.1 Å². The average Bonchev–Trinajstić information content (AvgIpc) is 3.40. The Bertz CT molecular complexity index is 797. The van der Waals surface area contributed by atoms with Crippen LogP contribution < -0.4 is 0 Å². The van der Waals surface area contributed by atoms with E-state index in [1.165, 1.54) is 0 Å². The number of carbonyl (C=O) groups is 2. The highest BCUT2D eigenvalue weighted by molar-refractivity contribution is 5.82. The number of nitriles is 2. The minimum Gasteiger partial charge on any atom is -0.390 e. The Morgan fingerprint density at radius 1 is 0.909 bits per heavy atom. The molecule has 4 rings (SSSR count). The number of carbonyl (C=O) groups excluding carboxylic acids is 2. The van der Waals surface area contributed by atoms with Crippen molar-refractivity contribution in [1.29, 1.82) is 10.5 Å². The predicted molar refractivity (Wildman–Crippen MR) is 121 cm³/mol. The normalized spacial score (nSPS) is 38.2. The van der Waals surface area contributed by atoms with Gasteiger partial charge in [0, 0.05) is 18.6 Å². The lowest BCUT2D eigenvalue weighted by molar-refractivity contribution is -0.142. The zero-order chi connectivity index (χ0) is 23.8. The first kappa shape index (κ1) is 24.0. The number of aliphatic hydroxyl groups is 1. The molecule has 8 heteroatoms. The van der Waals surface area contributed by atoms with E-state index in [4.69, 9.17) is 0 Å². The minimum absolute atomic E-state index is 0.0888. The van der Waals surface area contributed by atoms with Crippen molar-refractivity contribution in [3.63, 3.8) is 0 Å². The molecule has 4 fully saturated rings. The van der Waals surface area contributed by atoms with Crippen LogP contribution in [-0.4, -0.2) is 81.0 Å². The Labute approximate surface area is 197 Å². The van der Waals surface area contributed by atoms with E-state index >= 15 is 0 Å². The molecule has 4 unspecified atom stereocenters. The van der Waals surface area contributed by atoms with Gasteiger partial charge >= 0.3 is 0 Å². The molecule has 0 aromatic heterocycles. The molecule has 180 valence electrons. The zero-order valence-corrected chi connectivity index (χ0v) is 20.0. The van der Waals surface area contributed by atoms with Crippen molar-refractivity contribution in [2.45, 2.75) is 94.9 Å². The molecule has 2 saturated heterocycles. The first-order chi connectivity index (χ1) is 15.6. The summed E-state index contributed by atoms with van der Waals surface area (Å²) >= 11 is 0. The van der Waals surface area contributed by atoms with Crippen molar-refractivity contribution < 1.29 is 14.7 Å². The van der Waals surface area contributed by atoms with E-state index in [-0.39, 0.29) is 42.5 Å². The molecule has 2 aliphatic carbocycles. The second-order valence-corrected chi connectivity index (χ2v) is 11.4. The molecule has 1 N–H and O–H groups in total. The van der Waals surface area contributed by atoms with Gasteiger partial charge in [-0.1, -0.05) is 0 Å². The second kappa shape index (κ2) is 9.24. The number of hydrogen-bond acceptors (Lipinski definition) is 6. The van der Waals surface area contributed by atoms with Crippen LogP contribution in [0, 0.1) is 34.5 Å². The lowest BCUT2D eigenvalue weighted by Crippen LogP contribution is -2.59. The molecule has 4 atom stereocenters. The van der Waals surface area contributed by atoms with Gasteiger partial charge < -0.3 is 14.9 Å². The maximum atomic E-state index is 13.3. The van der Waals surface area contributed by atoms with Gasteiger partial charge in [0.2, 0.25) is 11.8 Å². The molecular weight excluding hydrogens is 418 g/mol. The summed E-state index contributed by atoms with van der Waals surface area (Å²) in [6, 6.07) is 3.72. The quantitative estimate of drug-likeness (QED) is 0.679. The molecule has 0 aromatic rings. The lowest BCUT2D eigenvalue weighted by atomic mass is 9.61. The number of nitrogens with zero attached hydrogens (tertiary/aromatic N) is 5. The van der Waals surface area contributed by atoms with Gasteiger partial charge in [-0.25, -0.2) is 0 Å². The summed E-state index contributed by atoms with van der Waals surface area (Å²) < 4.78 is 0. The van der Waals surface area contributed by atoms with Gasteiger partial charge in [0.05, 0.1) is 30.8 Å². The van der Waals surface area contributed by atoms with Crippen LogP contribution >= 0.6 is 0 Å². The SMILES string of the molecule is CC1(O)CC2CC(C1)CC(C)(N(CC(=O)N1CCCC1C#N)CC(=O)N1CCCC1C#N)C2. The Morgan fingerprint density at radius 2 is 1.36 bits per heavy atom. The van der Waals surface area contributed by atoms with E-state index < -0.39 is 5.60 Å². The van der Waals surface area contributed by atoms with Gasteiger partial charge in [-0.2, -0.15) is 10.5 Å². The molecule has 0 radical (unpaired) electrons. The van der Waals surface area contributed by atoms with Gasteiger partial charge in [-0.05, 0) is 83.5 Å². The molecule has 2 amide bonds. The first-order valence-electron chi connectivity index (χ1n) is 12.5. The van der Waals surface area contributed by atoms with Gasteiger partial charge in [-0.15, -0.1) is 0 Å². The Balaban J connectivity index is 1.55. The second-order valence-electron chi connectivity index (χ2n) is 11.4. The third-order valence-electron chi connectivity index (χ3n) is 8.44. The molecule has 2 saturated carbocycles. The molecule has 2 bridgehead atoms. The fraction of sp³-hybridized carbons (Fsp3) is 0.840. The number of hydrogen-bond donors (Lipinski definition) is 1. The average molecular weight is 456 g/mol. The molecule has 2 heterocycles. The molecule has 8 nitrogen and oxygen atoms in total. The van der Waals surface area contributed by atoms with Crippen molar-refractivity contribution in [2.24, 2.45) is 11.8 Å². The van der Waals surface area contributed by atoms with Crippen molar-refractivity contribution in [3.8, 4) is 12.1 Å². The fourth-order valence-electron chi connectivity index (χ4n) is 7.21. The molecule has 33 heavy (non-hydrogen) atoms. The Morgan fingerprint density at radius 3 is 1.79 bits per heavy atom. The van der Waals surface area contributed by atoms with E-state index in [0.29, 0.717) is 37.8 Å². The van der Waals surface area contributed by atoms with Gasteiger partial charge in [0.15, 0.2) is 0 Å². The number of likely N-dealkylation sites (tertiary alicyclic amines) is 2. The first-order valence-corrected chi connectivity index (χ1v) is 12.5. The van der Waals surface area contributed by atoms with Crippen LogP contribution in [-0.2, 0) is 9.59 Å². The van der Waals surface area contributed by atoms with Crippen molar-refractivity contribution in [2.75, 3.05) is 26.2 Å². The Hall–Kier alpha value is -2.16. The minimum atomic E-state index is -0.642. The highest BCUT2D eigenvalue weighted by atomic mass is 16.3. The Kier molecular flexibility index (Phi) is 6.71. The van der Waals surface area contributed by atoms with Crippen molar-refractivity contribution in [3.05, 3.63) is 0 Å². The monoisotopic (exact) mass is 455 g/mol. The van der Waals surface area contributed by atoms with Crippen LogP contribution in [0.2, 0.25) is 0 Å². The standard InChI is InChI=1S/C25H37N5O3/c1-24(10-18-9-19(11-24)13-25(2,33)12-18)28(16-22(31)29-7-3-5-20(29)14-26)17-23(32)30-8-4-6-21(30)15-27/h18-21,33H,3-13,16-17H2,1-2H3. The molecule has 2 aliphatic heterocycles. The smallest absolute Gasteiger partial charge is 0.237 e. The van der Waals surface area contributed by atoms with E-state index in [9.17, 15) is 25.2 Å². The largest absolute Gasteiger partial charge is 0.390 e. The molecule has 0 spiro atoms. The third kappa shape index (κ3) is 5.03. The van der Waals surface area contributed by atoms with Crippen LogP contribution in [0.25, 0.3) is 0 Å². The summed E-state index contributed by atoms with van der Waals surface area (Å²) in [4.78, 5) is 32.0. The highest BCUT2D eigenvalue weighted by Gasteiger charge is 2.49.